The third-order valence-corrected chi connectivity index (χ3v) is 4.71. The maximum Gasteiger partial charge on any atom is 0.267 e. The fraction of sp³-hybridized carbons (Fsp3) is 0.190. The van der Waals surface area contributed by atoms with E-state index in [-0.39, 0.29) is 12.5 Å². The van der Waals surface area contributed by atoms with E-state index in [9.17, 15) is 4.79 Å². The highest BCUT2D eigenvalue weighted by molar-refractivity contribution is 6.31. The van der Waals surface area contributed by atoms with Crippen LogP contribution in [0.4, 0.5) is 0 Å². The number of halogens is 1. The quantitative estimate of drug-likeness (QED) is 0.659. The van der Waals surface area contributed by atoms with E-state index in [2.05, 4.69) is 0 Å². The smallest absolute Gasteiger partial charge is 0.267 e. The lowest BCUT2D eigenvalue weighted by Gasteiger charge is -2.30. The summed E-state index contributed by atoms with van der Waals surface area (Å²) in [6, 6.07) is 18.4. The summed E-state index contributed by atoms with van der Waals surface area (Å²) in [5.74, 6) is 1.72. The number of carbonyl (C=O) groups is 1. The van der Waals surface area contributed by atoms with Gasteiger partial charge in [-0.05, 0) is 35.9 Å². The number of hydrogen-bond acceptors (Lipinski definition) is 4. The predicted octanol–water partition coefficient (Wildman–Crippen LogP) is 4.30. The van der Waals surface area contributed by atoms with E-state index in [0.717, 1.165) is 5.56 Å². The van der Waals surface area contributed by atoms with Crippen LogP contribution in [0.2, 0.25) is 5.02 Å². The number of furan rings is 1. The fourth-order valence-corrected chi connectivity index (χ4v) is 3.17. The number of nitrogens with zero attached hydrogens (tertiary/aromatic N) is 1. The molecule has 2 aromatic carbocycles. The molecule has 0 radical (unpaired) electrons. The van der Waals surface area contributed by atoms with Crippen LogP contribution in [-0.4, -0.2) is 23.5 Å². The Hall–Kier alpha value is -2.92. The molecule has 3 aromatic rings. The lowest BCUT2D eigenvalue weighted by Crippen LogP contribution is -2.45. The van der Waals surface area contributed by atoms with Crippen LogP contribution < -0.4 is 9.47 Å². The van der Waals surface area contributed by atoms with Crippen molar-refractivity contribution in [2.75, 3.05) is 6.61 Å². The Bertz CT molecular complexity index is 925. The van der Waals surface area contributed by atoms with E-state index in [4.69, 9.17) is 25.5 Å². The molecule has 138 valence electrons. The topological polar surface area (TPSA) is 51.9 Å². The van der Waals surface area contributed by atoms with Crippen molar-refractivity contribution < 1.29 is 18.7 Å². The summed E-state index contributed by atoms with van der Waals surface area (Å²) in [6.07, 6.45) is 0.863. The van der Waals surface area contributed by atoms with Gasteiger partial charge < -0.3 is 18.8 Å². The van der Waals surface area contributed by atoms with Crippen LogP contribution in [0, 0.1) is 0 Å². The van der Waals surface area contributed by atoms with Crippen LogP contribution in [0.15, 0.2) is 71.3 Å². The second-order valence-corrected chi connectivity index (χ2v) is 6.64. The fourth-order valence-electron chi connectivity index (χ4n) is 2.98. The second kappa shape index (κ2) is 7.76. The van der Waals surface area contributed by atoms with Crippen molar-refractivity contribution in [1.82, 2.24) is 4.90 Å². The van der Waals surface area contributed by atoms with Gasteiger partial charge >= 0.3 is 0 Å². The monoisotopic (exact) mass is 383 g/mol. The number of fused-ring (bicyclic) bond motifs is 1. The first-order valence-corrected chi connectivity index (χ1v) is 9.01. The van der Waals surface area contributed by atoms with Gasteiger partial charge in [0, 0.05) is 11.6 Å². The number of amides is 1. The maximum atomic E-state index is 13.2. The largest absolute Gasteiger partial charge is 0.485 e. The Morgan fingerprint density at radius 1 is 1.00 bits per heavy atom. The zero-order chi connectivity index (χ0) is 18.6. The average molecular weight is 384 g/mol. The molecule has 2 heterocycles. The first kappa shape index (κ1) is 17.5. The molecule has 0 aliphatic carbocycles. The van der Waals surface area contributed by atoms with Crippen LogP contribution in [0.5, 0.6) is 11.5 Å². The molecule has 1 aromatic heterocycles. The van der Waals surface area contributed by atoms with Gasteiger partial charge in [0.05, 0.1) is 12.8 Å². The Morgan fingerprint density at radius 2 is 1.78 bits per heavy atom. The van der Waals surface area contributed by atoms with E-state index >= 15 is 0 Å². The molecule has 4 rings (SSSR count). The standard InChI is InChI=1S/C21H18ClNO4/c22-17-8-2-1-6-15(17)12-23(13-16-7-5-11-25-16)21(24)20-14-26-18-9-3-4-10-19(18)27-20/h1-11,20H,12-14H2/t20-/m0/s1. The summed E-state index contributed by atoms with van der Waals surface area (Å²) in [5.41, 5.74) is 0.858. The van der Waals surface area contributed by atoms with Gasteiger partial charge in [0.15, 0.2) is 11.5 Å². The first-order chi connectivity index (χ1) is 13.2. The highest BCUT2D eigenvalue weighted by Gasteiger charge is 2.31. The zero-order valence-electron chi connectivity index (χ0n) is 14.5. The molecule has 1 amide bonds. The van der Waals surface area contributed by atoms with Crippen LogP contribution in [0.3, 0.4) is 0 Å². The average Bonchev–Trinajstić information content (AvgIpc) is 3.21. The van der Waals surface area contributed by atoms with Crippen molar-refractivity contribution in [3.63, 3.8) is 0 Å². The highest BCUT2D eigenvalue weighted by atomic mass is 35.5. The number of ether oxygens (including phenoxy) is 2. The normalized spacial score (nSPS) is 15.4. The van der Waals surface area contributed by atoms with Gasteiger partial charge in [-0.15, -0.1) is 0 Å². The number of rotatable bonds is 5. The maximum absolute atomic E-state index is 13.2. The molecule has 5 nitrogen and oxygen atoms in total. The van der Waals surface area contributed by atoms with E-state index in [1.165, 1.54) is 0 Å². The van der Waals surface area contributed by atoms with Gasteiger partial charge in [0.1, 0.15) is 12.4 Å². The molecule has 1 atom stereocenters. The molecule has 0 spiro atoms. The molecule has 0 unspecified atom stereocenters. The predicted molar refractivity (Wildman–Crippen MR) is 101 cm³/mol. The van der Waals surface area contributed by atoms with Gasteiger partial charge in [-0.3, -0.25) is 4.79 Å². The van der Waals surface area contributed by atoms with Crippen molar-refractivity contribution in [3.05, 3.63) is 83.3 Å². The van der Waals surface area contributed by atoms with Gasteiger partial charge in [-0.1, -0.05) is 41.9 Å². The minimum Gasteiger partial charge on any atom is -0.485 e. The molecule has 1 aliphatic heterocycles. The van der Waals surface area contributed by atoms with Crippen molar-refractivity contribution >= 4 is 17.5 Å². The zero-order valence-corrected chi connectivity index (χ0v) is 15.3. The number of para-hydroxylation sites is 2. The van der Waals surface area contributed by atoms with Crippen LogP contribution in [0.25, 0.3) is 0 Å². The third-order valence-electron chi connectivity index (χ3n) is 4.34. The van der Waals surface area contributed by atoms with E-state index < -0.39 is 6.10 Å². The molecular weight excluding hydrogens is 366 g/mol. The van der Waals surface area contributed by atoms with E-state index in [0.29, 0.717) is 35.4 Å². The Kier molecular flexibility index (Phi) is 5.03. The Balaban J connectivity index is 1.56. The summed E-state index contributed by atoms with van der Waals surface area (Å²) in [7, 11) is 0. The molecule has 0 bridgehead atoms. The Morgan fingerprint density at radius 3 is 2.56 bits per heavy atom. The lowest BCUT2D eigenvalue weighted by molar-refractivity contribution is -0.142. The first-order valence-electron chi connectivity index (χ1n) is 8.64. The molecule has 0 saturated carbocycles. The van der Waals surface area contributed by atoms with Crippen LogP contribution in [0.1, 0.15) is 11.3 Å². The molecule has 6 heteroatoms. The van der Waals surface area contributed by atoms with Crippen molar-refractivity contribution in [3.8, 4) is 11.5 Å². The van der Waals surface area contributed by atoms with Crippen LogP contribution in [-0.2, 0) is 17.9 Å². The van der Waals surface area contributed by atoms with Gasteiger partial charge in [0.25, 0.3) is 5.91 Å². The second-order valence-electron chi connectivity index (χ2n) is 6.23. The summed E-state index contributed by atoms with van der Waals surface area (Å²) >= 11 is 6.29. The molecule has 0 N–H and O–H groups in total. The Labute approximate surface area is 162 Å². The lowest BCUT2D eigenvalue weighted by atomic mass is 10.2. The number of benzene rings is 2. The van der Waals surface area contributed by atoms with Gasteiger partial charge in [0.2, 0.25) is 6.10 Å². The SMILES string of the molecule is O=C([C@@H]1COc2ccccc2O1)N(Cc1ccco1)Cc1ccccc1Cl. The van der Waals surface area contributed by atoms with Crippen molar-refractivity contribution in [2.45, 2.75) is 19.2 Å². The summed E-state index contributed by atoms with van der Waals surface area (Å²) in [5, 5.41) is 0.612. The third kappa shape index (κ3) is 3.93. The molecule has 0 fully saturated rings. The highest BCUT2D eigenvalue weighted by Crippen LogP contribution is 2.31. The minimum atomic E-state index is -0.725. The molecular formula is C21H18ClNO4. The van der Waals surface area contributed by atoms with Gasteiger partial charge in [-0.25, -0.2) is 0 Å². The van der Waals surface area contributed by atoms with E-state index in [1.54, 1.807) is 23.3 Å². The summed E-state index contributed by atoms with van der Waals surface area (Å²) in [4.78, 5) is 14.9. The van der Waals surface area contributed by atoms with Crippen molar-refractivity contribution in [1.29, 1.82) is 0 Å². The molecule has 0 saturated heterocycles. The molecule has 27 heavy (non-hydrogen) atoms. The number of carbonyl (C=O) groups excluding carboxylic acids is 1. The molecule has 1 aliphatic rings. The van der Waals surface area contributed by atoms with E-state index in [1.807, 2.05) is 48.5 Å². The number of hydrogen-bond donors (Lipinski definition) is 0. The summed E-state index contributed by atoms with van der Waals surface area (Å²) in [6.45, 7) is 0.826. The van der Waals surface area contributed by atoms with Crippen LogP contribution >= 0.6 is 11.6 Å². The summed E-state index contributed by atoms with van der Waals surface area (Å²) < 4.78 is 17.0. The van der Waals surface area contributed by atoms with Gasteiger partial charge in [-0.2, -0.15) is 0 Å². The minimum absolute atomic E-state index is 0.160. The van der Waals surface area contributed by atoms with Crippen molar-refractivity contribution in [2.24, 2.45) is 0 Å².